The Bertz CT molecular complexity index is 303. The van der Waals surface area contributed by atoms with Gasteiger partial charge in [0.2, 0.25) is 0 Å². The fraction of sp³-hybridized carbons (Fsp3) is 1.00. The van der Waals surface area contributed by atoms with Crippen LogP contribution < -0.4 is 5.32 Å². The summed E-state index contributed by atoms with van der Waals surface area (Å²) in [4.78, 5) is 5.30. The van der Waals surface area contributed by atoms with Crippen LogP contribution in [0, 0.1) is 5.92 Å². The van der Waals surface area contributed by atoms with Crippen molar-refractivity contribution in [1.29, 1.82) is 0 Å². The molecule has 1 saturated heterocycles. The molecule has 3 atom stereocenters. The first-order valence-corrected chi connectivity index (χ1v) is 8.60. The number of hydrogen-bond acceptors (Lipinski definition) is 3. The third-order valence-corrected chi connectivity index (χ3v) is 5.81. The van der Waals surface area contributed by atoms with Gasteiger partial charge in [-0.15, -0.1) is 0 Å². The molecule has 3 unspecified atom stereocenters. The molecule has 20 heavy (non-hydrogen) atoms. The zero-order valence-electron chi connectivity index (χ0n) is 14.3. The fourth-order valence-corrected chi connectivity index (χ4v) is 4.20. The third kappa shape index (κ3) is 3.55. The van der Waals surface area contributed by atoms with Gasteiger partial charge in [0.15, 0.2) is 0 Å². The monoisotopic (exact) mass is 281 g/mol. The quantitative estimate of drug-likeness (QED) is 0.854. The van der Waals surface area contributed by atoms with Gasteiger partial charge in [0.25, 0.3) is 0 Å². The van der Waals surface area contributed by atoms with Crippen molar-refractivity contribution in [2.45, 2.75) is 70.5 Å². The first kappa shape index (κ1) is 16.3. The molecule has 3 heteroatoms. The van der Waals surface area contributed by atoms with E-state index in [1.807, 2.05) is 0 Å². The van der Waals surface area contributed by atoms with Gasteiger partial charge in [-0.1, -0.05) is 19.8 Å². The lowest BCUT2D eigenvalue weighted by Gasteiger charge is -2.51. The molecule has 0 aromatic heterocycles. The Kier molecular flexibility index (Phi) is 5.49. The van der Waals surface area contributed by atoms with Crippen molar-refractivity contribution in [2.24, 2.45) is 5.92 Å². The van der Waals surface area contributed by atoms with Crippen LogP contribution in [0.4, 0.5) is 0 Å². The van der Waals surface area contributed by atoms with Crippen LogP contribution in [-0.4, -0.2) is 61.2 Å². The molecule has 0 aromatic carbocycles. The highest BCUT2D eigenvalue weighted by molar-refractivity contribution is 4.96. The molecular weight excluding hydrogens is 246 g/mol. The van der Waals surface area contributed by atoms with Crippen molar-refractivity contribution in [3.8, 4) is 0 Å². The maximum atomic E-state index is 3.60. The normalized spacial score (nSPS) is 36.1. The summed E-state index contributed by atoms with van der Waals surface area (Å²) in [6.07, 6.45) is 6.95. The Morgan fingerprint density at radius 2 is 1.95 bits per heavy atom. The Morgan fingerprint density at radius 1 is 1.20 bits per heavy atom. The molecule has 2 rings (SSSR count). The summed E-state index contributed by atoms with van der Waals surface area (Å²) in [5.74, 6) is 0.956. The van der Waals surface area contributed by atoms with Crippen molar-refractivity contribution in [2.75, 3.05) is 33.7 Å². The third-order valence-electron chi connectivity index (χ3n) is 5.81. The van der Waals surface area contributed by atoms with E-state index in [4.69, 9.17) is 0 Å². The van der Waals surface area contributed by atoms with E-state index in [-0.39, 0.29) is 0 Å². The summed E-state index contributed by atoms with van der Waals surface area (Å²) < 4.78 is 0. The molecule has 2 fully saturated rings. The zero-order chi connectivity index (χ0) is 14.8. The van der Waals surface area contributed by atoms with Crippen molar-refractivity contribution in [1.82, 2.24) is 15.1 Å². The zero-order valence-corrected chi connectivity index (χ0v) is 14.3. The molecule has 1 aliphatic carbocycles. The van der Waals surface area contributed by atoms with Gasteiger partial charge in [0, 0.05) is 37.3 Å². The van der Waals surface area contributed by atoms with Gasteiger partial charge >= 0.3 is 0 Å². The fourth-order valence-electron chi connectivity index (χ4n) is 4.20. The number of piperazine rings is 1. The van der Waals surface area contributed by atoms with Gasteiger partial charge in [-0.3, -0.25) is 9.80 Å². The lowest BCUT2D eigenvalue weighted by molar-refractivity contribution is -0.00825. The predicted molar refractivity (Wildman–Crippen MR) is 87.2 cm³/mol. The highest BCUT2D eigenvalue weighted by atomic mass is 15.3. The SMILES string of the molecule is CCCC1CCC(NC)C(N2CCN(C)C(C)(C)C2)C1. The molecule has 2 aliphatic rings. The van der Waals surface area contributed by atoms with E-state index in [2.05, 4.69) is 50.0 Å². The highest BCUT2D eigenvalue weighted by Gasteiger charge is 2.39. The number of rotatable bonds is 4. The topological polar surface area (TPSA) is 18.5 Å². The minimum absolute atomic E-state index is 0.314. The number of nitrogens with one attached hydrogen (secondary N) is 1. The average Bonchev–Trinajstić information content (AvgIpc) is 2.42. The predicted octanol–water partition coefficient (Wildman–Crippen LogP) is 2.57. The second-order valence-corrected chi connectivity index (χ2v) is 7.63. The van der Waals surface area contributed by atoms with Gasteiger partial charge in [0.05, 0.1) is 0 Å². The lowest BCUT2D eigenvalue weighted by atomic mass is 9.78. The van der Waals surface area contributed by atoms with Crippen LogP contribution in [0.2, 0.25) is 0 Å². The molecular formula is C17H35N3. The largest absolute Gasteiger partial charge is 0.315 e. The number of likely N-dealkylation sites (N-methyl/N-ethyl adjacent to an activating group) is 2. The molecule has 1 heterocycles. The second kappa shape index (κ2) is 6.76. The maximum Gasteiger partial charge on any atom is 0.0277 e. The van der Waals surface area contributed by atoms with Crippen LogP contribution >= 0.6 is 0 Å². The molecule has 0 spiro atoms. The second-order valence-electron chi connectivity index (χ2n) is 7.63. The first-order valence-electron chi connectivity index (χ1n) is 8.60. The van der Waals surface area contributed by atoms with Crippen molar-refractivity contribution in [3.05, 3.63) is 0 Å². The minimum Gasteiger partial charge on any atom is -0.315 e. The first-order chi connectivity index (χ1) is 9.47. The molecule has 0 bridgehead atoms. The van der Waals surface area contributed by atoms with Gasteiger partial charge in [0.1, 0.15) is 0 Å². The highest BCUT2D eigenvalue weighted by Crippen LogP contribution is 2.33. The number of hydrogen-bond donors (Lipinski definition) is 1. The van der Waals surface area contributed by atoms with Crippen LogP contribution in [0.25, 0.3) is 0 Å². The van der Waals surface area contributed by atoms with Crippen LogP contribution in [0.3, 0.4) is 0 Å². The van der Waals surface area contributed by atoms with Gasteiger partial charge in [-0.2, -0.15) is 0 Å². The molecule has 0 aromatic rings. The number of nitrogens with zero attached hydrogens (tertiary/aromatic N) is 2. The molecule has 118 valence electrons. The van der Waals surface area contributed by atoms with E-state index >= 15 is 0 Å². The molecule has 1 N–H and O–H groups in total. The van der Waals surface area contributed by atoms with E-state index < -0.39 is 0 Å². The average molecular weight is 281 g/mol. The Labute approximate surface area is 126 Å². The Morgan fingerprint density at radius 3 is 2.55 bits per heavy atom. The van der Waals surface area contributed by atoms with Crippen LogP contribution in [-0.2, 0) is 0 Å². The maximum absolute atomic E-state index is 3.60. The van der Waals surface area contributed by atoms with Crippen LogP contribution in [0.5, 0.6) is 0 Å². The summed E-state index contributed by atoms with van der Waals surface area (Å²) in [5, 5.41) is 3.60. The molecule has 1 saturated carbocycles. The van der Waals surface area contributed by atoms with Gasteiger partial charge in [-0.25, -0.2) is 0 Å². The summed E-state index contributed by atoms with van der Waals surface area (Å²) in [6, 6.07) is 1.44. The summed E-state index contributed by atoms with van der Waals surface area (Å²) in [5.41, 5.74) is 0.314. The minimum atomic E-state index is 0.314. The van der Waals surface area contributed by atoms with E-state index in [0.29, 0.717) is 11.6 Å². The summed E-state index contributed by atoms with van der Waals surface area (Å²) in [7, 11) is 4.42. The standard InChI is InChI=1S/C17H35N3/c1-6-7-14-8-9-15(18-4)16(12-14)20-11-10-19(5)17(2,3)13-20/h14-16,18H,6-13H2,1-5H3. The smallest absolute Gasteiger partial charge is 0.0277 e. The molecule has 1 aliphatic heterocycles. The van der Waals surface area contributed by atoms with Crippen LogP contribution in [0.15, 0.2) is 0 Å². The summed E-state index contributed by atoms with van der Waals surface area (Å²) in [6.45, 7) is 10.8. The van der Waals surface area contributed by atoms with Crippen molar-refractivity contribution in [3.63, 3.8) is 0 Å². The van der Waals surface area contributed by atoms with E-state index in [0.717, 1.165) is 12.0 Å². The van der Waals surface area contributed by atoms with Crippen molar-refractivity contribution < 1.29 is 0 Å². The Hall–Kier alpha value is -0.120. The summed E-state index contributed by atoms with van der Waals surface area (Å²) >= 11 is 0. The van der Waals surface area contributed by atoms with Crippen LogP contribution in [0.1, 0.15) is 52.9 Å². The molecule has 0 amide bonds. The molecule has 0 radical (unpaired) electrons. The van der Waals surface area contributed by atoms with Gasteiger partial charge < -0.3 is 5.32 Å². The van der Waals surface area contributed by atoms with Gasteiger partial charge in [-0.05, 0) is 53.1 Å². The van der Waals surface area contributed by atoms with E-state index in [1.54, 1.807) is 0 Å². The van der Waals surface area contributed by atoms with E-state index in [1.165, 1.54) is 51.7 Å². The molecule has 3 nitrogen and oxygen atoms in total. The lowest BCUT2D eigenvalue weighted by Crippen LogP contribution is -2.63. The van der Waals surface area contributed by atoms with Crippen molar-refractivity contribution >= 4 is 0 Å². The Balaban J connectivity index is 2.03. The van der Waals surface area contributed by atoms with E-state index in [9.17, 15) is 0 Å².